The molecule has 3 rings (SSSR count). The van der Waals surface area contributed by atoms with Crippen LogP contribution in [-0.4, -0.2) is 13.0 Å². The number of halogens is 1. The summed E-state index contributed by atoms with van der Waals surface area (Å²) in [6, 6.07) is 6.00. The first-order valence-electron chi connectivity index (χ1n) is 7.00. The molecule has 0 spiro atoms. The lowest BCUT2D eigenvalue weighted by molar-refractivity contribution is -0.117. The van der Waals surface area contributed by atoms with Crippen LogP contribution < -0.4 is 4.90 Å². The molecule has 0 radical (unpaired) electrons. The van der Waals surface area contributed by atoms with E-state index >= 15 is 0 Å². The third-order valence-electron chi connectivity index (χ3n) is 4.34. The van der Waals surface area contributed by atoms with Gasteiger partial charge in [-0.3, -0.25) is 4.79 Å². The van der Waals surface area contributed by atoms with E-state index < -0.39 is 0 Å². The molecule has 0 fully saturated rings. The lowest BCUT2D eigenvalue weighted by Crippen LogP contribution is -2.20. The average Bonchev–Trinajstić information content (AvgIpc) is 2.86. The van der Waals surface area contributed by atoms with Gasteiger partial charge in [0.25, 0.3) is 0 Å². The fourth-order valence-corrected chi connectivity index (χ4v) is 3.45. The lowest BCUT2D eigenvalue weighted by Gasteiger charge is -2.14. The molecule has 1 unspecified atom stereocenters. The molecular weight excluding hydrogens is 286 g/mol. The van der Waals surface area contributed by atoms with Gasteiger partial charge in [-0.1, -0.05) is 12.1 Å². The highest BCUT2D eigenvalue weighted by Gasteiger charge is 2.26. The molecule has 21 heavy (non-hydrogen) atoms. The number of hydrogen-bond donors (Lipinski definition) is 0. The Morgan fingerprint density at radius 1 is 1.24 bits per heavy atom. The number of likely N-dealkylation sites (N-methyl/N-ethyl adjacent to an activating group) is 1. The Hall–Kier alpha value is -1.74. The minimum atomic E-state index is -0.256. The third-order valence-corrected chi connectivity index (χ3v) is 4.81. The molecule has 0 aliphatic carbocycles. The van der Waals surface area contributed by atoms with Crippen LogP contribution in [0.25, 0.3) is 0 Å². The Kier molecular flexibility index (Phi) is 3.33. The summed E-state index contributed by atoms with van der Waals surface area (Å²) in [5.74, 6) is 1.89. The molecule has 2 heterocycles. The van der Waals surface area contributed by atoms with Crippen LogP contribution in [0.4, 0.5) is 5.69 Å². The van der Waals surface area contributed by atoms with Crippen LogP contribution in [0, 0.1) is 20.8 Å². The Morgan fingerprint density at radius 3 is 2.57 bits per heavy atom. The van der Waals surface area contributed by atoms with E-state index in [0.717, 1.165) is 39.5 Å². The second-order valence-corrected chi connectivity index (χ2v) is 6.07. The third kappa shape index (κ3) is 2.16. The highest BCUT2D eigenvalue weighted by atomic mass is 35.5. The van der Waals surface area contributed by atoms with Crippen molar-refractivity contribution in [1.29, 1.82) is 0 Å². The van der Waals surface area contributed by atoms with Crippen LogP contribution in [0.15, 0.2) is 22.6 Å². The maximum absolute atomic E-state index is 11.8. The first kappa shape index (κ1) is 14.2. The molecule has 0 bridgehead atoms. The van der Waals surface area contributed by atoms with E-state index in [1.807, 2.05) is 39.0 Å². The summed E-state index contributed by atoms with van der Waals surface area (Å²) in [5.41, 5.74) is 5.16. The van der Waals surface area contributed by atoms with E-state index in [2.05, 4.69) is 0 Å². The highest BCUT2D eigenvalue weighted by Crippen LogP contribution is 2.38. The van der Waals surface area contributed by atoms with Gasteiger partial charge in [0.1, 0.15) is 11.5 Å². The number of amides is 1. The number of fused-ring (bicyclic) bond motifs is 1. The van der Waals surface area contributed by atoms with Crippen molar-refractivity contribution in [1.82, 2.24) is 0 Å². The smallest absolute Gasteiger partial charge is 0.231 e. The number of furan rings is 1. The molecule has 1 aromatic heterocycles. The van der Waals surface area contributed by atoms with Crippen LogP contribution in [0.5, 0.6) is 0 Å². The zero-order valence-electron chi connectivity index (χ0n) is 12.7. The Labute approximate surface area is 129 Å². The molecule has 1 aliphatic heterocycles. The minimum absolute atomic E-state index is 0.125. The molecule has 0 N–H and O–H groups in total. The summed E-state index contributed by atoms with van der Waals surface area (Å²) in [4.78, 5) is 13.5. The van der Waals surface area contributed by atoms with Crippen LogP contribution in [0.2, 0.25) is 0 Å². The van der Waals surface area contributed by atoms with Crippen molar-refractivity contribution in [2.75, 3.05) is 11.9 Å². The fourth-order valence-electron chi connectivity index (χ4n) is 3.00. The van der Waals surface area contributed by atoms with Crippen molar-refractivity contribution >= 4 is 23.2 Å². The predicted molar refractivity (Wildman–Crippen MR) is 84.2 cm³/mol. The molecular formula is C17H18ClNO2. The summed E-state index contributed by atoms with van der Waals surface area (Å²) < 4.78 is 5.67. The molecule has 0 saturated heterocycles. The van der Waals surface area contributed by atoms with Gasteiger partial charge in [-0.15, -0.1) is 11.6 Å². The first-order chi connectivity index (χ1) is 9.90. The van der Waals surface area contributed by atoms with Crippen LogP contribution in [0.1, 0.15) is 39.2 Å². The van der Waals surface area contributed by atoms with Gasteiger partial charge in [0.15, 0.2) is 0 Å². The molecule has 3 nitrogen and oxygen atoms in total. The summed E-state index contributed by atoms with van der Waals surface area (Å²) in [6.07, 6.45) is 0.450. The van der Waals surface area contributed by atoms with Crippen molar-refractivity contribution in [3.05, 3.63) is 52.0 Å². The number of rotatable bonds is 2. The maximum Gasteiger partial charge on any atom is 0.231 e. The van der Waals surface area contributed by atoms with Gasteiger partial charge in [0, 0.05) is 18.3 Å². The van der Waals surface area contributed by atoms with Crippen molar-refractivity contribution in [3.8, 4) is 0 Å². The molecule has 1 aliphatic rings. The topological polar surface area (TPSA) is 33.5 Å². The zero-order valence-corrected chi connectivity index (χ0v) is 13.4. The SMILES string of the molecule is Cc1oc(C)c(C(Cl)c2ccc3c(c2)CC(=O)N3C)c1C. The van der Waals surface area contributed by atoms with Crippen molar-refractivity contribution in [2.45, 2.75) is 32.6 Å². The number of carbonyl (C=O) groups excluding carboxylic acids is 1. The van der Waals surface area contributed by atoms with Crippen LogP contribution >= 0.6 is 11.6 Å². The number of hydrogen-bond acceptors (Lipinski definition) is 2. The van der Waals surface area contributed by atoms with Gasteiger partial charge in [0.2, 0.25) is 5.91 Å². The van der Waals surface area contributed by atoms with Gasteiger partial charge in [-0.25, -0.2) is 0 Å². The number of anilines is 1. The Balaban J connectivity index is 2.02. The van der Waals surface area contributed by atoms with E-state index in [1.165, 1.54) is 0 Å². The quantitative estimate of drug-likeness (QED) is 0.784. The minimum Gasteiger partial charge on any atom is -0.466 e. The monoisotopic (exact) mass is 303 g/mol. The molecule has 110 valence electrons. The van der Waals surface area contributed by atoms with Crippen LogP contribution in [-0.2, 0) is 11.2 Å². The van der Waals surface area contributed by atoms with Crippen molar-refractivity contribution in [3.63, 3.8) is 0 Å². The van der Waals surface area contributed by atoms with E-state index in [9.17, 15) is 4.79 Å². The second kappa shape index (κ2) is 4.92. The number of benzene rings is 1. The number of alkyl halides is 1. The molecule has 1 aromatic carbocycles. The van der Waals surface area contributed by atoms with E-state index in [4.69, 9.17) is 16.0 Å². The molecule has 0 saturated carbocycles. The lowest BCUT2D eigenvalue weighted by atomic mass is 9.98. The van der Waals surface area contributed by atoms with Gasteiger partial charge in [-0.2, -0.15) is 0 Å². The normalized spacial score (nSPS) is 15.5. The summed E-state index contributed by atoms with van der Waals surface area (Å²) in [5, 5.41) is -0.256. The summed E-state index contributed by atoms with van der Waals surface area (Å²) in [7, 11) is 1.81. The van der Waals surface area contributed by atoms with Gasteiger partial charge < -0.3 is 9.32 Å². The average molecular weight is 304 g/mol. The summed E-state index contributed by atoms with van der Waals surface area (Å²) in [6.45, 7) is 5.92. The van der Waals surface area contributed by atoms with Gasteiger partial charge >= 0.3 is 0 Å². The maximum atomic E-state index is 11.8. The van der Waals surface area contributed by atoms with E-state index in [-0.39, 0.29) is 11.3 Å². The van der Waals surface area contributed by atoms with Gasteiger partial charge in [-0.05, 0) is 43.5 Å². The van der Waals surface area contributed by atoms with E-state index in [0.29, 0.717) is 6.42 Å². The number of aryl methyl sites for hydroxylation is 2. The molecule has 4 heteroatoms. The standard InChI is InChI=1S/C17H18ClNO2/c1-9-10(2)21-11(3)16(9)17(18)12-5-6-14-13(7-12)8-15(20)19(14)4/h5-7,17H,8H2,1-4H3. The summed E-state index contributed by atoms with van der Waals surface area (Å²) >= 11 is 6.67. The van der Waals surface area contributed by atoms with Crippen molar-refractivity contribution in [2.24, 2.45) is 0 Å². The van der Waals surface area contributed by atoms with Crippen LogP contribution in [0.3, 0.4) is 0 Å². The predicted octanol–water partition coefficient (Wildman–Crippen LogP) is 4.05. The highest BCUT2D eigenvalue weighted by molar-refractivity contribution is 6.23. The zero-order chi connectivity index (χ0) is 15.3. The second-order valence-electron chi connectivity index (χ2n) is 5.63. The number of carbonyl (C=O) groups is 1. The molecule has 1 amide bonds. The van der Waals surface area contributed by atoms with Gasteiger partial charge in [0.05, 0.1) is 11.8 Å². The Bertz CT molecular complexity index is 733. The van der Waals surface area contributed by atoms with E-state index in [1.54, 1.807) is 11.9 Å². The number of nitrogens with zero attached hydrogens (tertiary/aromatic N) is 1. The largest absolute Gasteiger partial charge is 0.466 e. The molecule has 2 aromatic rings. The fraction of sp³-hybridized carbons (Fsp3) is 0.353. The molecule has 1 atom stereocenters. The Morgan fingerprint density at radius 2 is 1.95 bits per heavy atom. The first-order valence-corrected chi connectivity index (χ1v) is 7.43. The van der Waals surface area contributed by atoms with Crippen molar-refractivity contribution < 1.29 is 9.21 Å².